The molecule has 3 nitrogen and oxygen atoms in total. The van der Waals surface area contributed by atoms with Gasteiger partial charge in [-0.15, -0.1) is 5.10 Å². The Labute approximate surface area is 97.4 Å². The van der Waals surface area contributed by atoms with E-state index in [2.05, 4.69) is 16.9 Å². The first kappa shape index (κ1) is 11.4. The zero-order valence-corrected chi connectivity index (χ0v) is 9.32. The van der Waals surface area contributed by atoms with Crippen LogP contribution in [0.15, 0.2) is 31.0 Å². The summed E-state index contributed by atoms with van der Waals surface area (Å²) in [6.07, 6.45) is 2.26. The molecule has 0 spiro atoms. The van der Waals surface area contributed by atoms with Gasteiger partial charge in [-0.3, -0.25) is 0 Å². The van der Waals surface area contributed by atoms with Crippen LogP contribution in [0.5, 0.6) is 0 Å². The molecule has 0 N–H and O–H groups in total. The molecule has 2 aromatic rings. The van der Waals surface area contributed by atoms with Crippen molar-refractivity contribution in [3.63, 3.8) is 0 Å². The first-order valence-corrected chi connectivity index (χ1v) is 5.17. The minimum atomic E-state index is -0.551. The van der Waals surface area contributed by atoms with Gasteiger partial charge < -0.3 is 0 Å². The van der Waals surface area contributed by atoms with Crippen LogP contribution in [0.4, 0.5) is 8.78 Å². The quantitative estimate of drug-likeness (QED) is 0.818. The number of allylic oxidation sites excluding steroid dienone is 1. The lowest BCUT2D eigenvalue weighted by molar-refractivity contribution is 0.584. The summed E-state index contributed by atoms with van der Waals surface area (Å²) in [6, 6.07) is 3.19. The van der Waals surface area contributed by atoms with Gasteiger partial charge in [-0.1, -0.05) is 18.7 Å². The second kappa shape index (κ2) is 4.45. The molecular formula is C12H11F2N3. The van der Waals surface area contributed by atoms with Gasteiger partial charge in [0.05, 0.1) is 6.20 Å². The molecular weight excluding hydrogens is 224 g/mol. The number of hydrogen-bond donors (Lipinski definition) is 0. The van der Waals surface area contributed by atoms with Crippen molar-refractivity contribution in [1.82, 2.24) is 15.0 Å². The normalized spacial score (nSPS) is 10.5. The summed E-state index contributed by atoms with van der Waals surface area (Å²) in [5.74, 6) is -1.07. The van der Waals surface area contributed by atoms with Crippen molar-refractivity contribution in [2.24, 2.45) is 0 Å². The molecule has 1 heterocycles. The van der Waals surface area contributed by atoms with E-state index < -0.39 is 11.6 Å². The van der Waals surface area contributed by atoms with Crippen molar-refractivity contribution in [1.29, 1.82) is 0 Å². The topological polar surface area (TPSA) is 30.7 Å². The van der Waals surface area contributed by atoms with Crippen molar-refractivity contribution >= 4 is 5.57 Å². The van der Waals surface area contributed by atoms with E-state index in [4.69, 9.17) is 0 Å². The molecule has 1 aromatic heterocycles. The molecule has 0 fully saturated rings. The highest BCUT2D eigenvalue weighted by molar-refractivity contribution is 5.58. The third-order valence-electron chi connectivity index (χ3n) is 2.44. The van der Waals surface area contributed by atoms with E-state index in [0.29, 0.717) is 5.69 Å². The van der Waals surface area contributed by atoms with Crippen LogP contribution in [-0.2, 0) is 0 Å². The van der Waals surface area contributed by atoms with E-state index in [1.165, 1.54) is 10.9 Å². The van der Waals surface area contributed by atoms with Crippen molar-refractivity contribution in [3.8, 4) is 5.69 Å². The van der Waals surface area contributed by atoms with E-state index in [-0.39, 0.29) is 5.69 Å². The molecule has 0 unspecified atom stereocenters. The van der Waals surface area contributed by atoms with Crippen molar-refractivity contribution in [3.05, 3.63) is 48.3 Å². The monoisotopic (exact) mass is 235 g/mol. The summed E-state index contributed by atoms with van der Waals surface area (Å²) in [4.78, 5) is 0. The summed E-state index contributed by atoms with van der Waals surface area (Å²) >= 11 is 0. The van der Waals surface area contributed by atoms with Crippen molar-refractivity contribution in [2.45, 2.75) is 13.3 Å². The molecule has 0 aliphatic carbocycles. The van der Waals surface area contributed by atoms with E-state index >= 15 is 0 Å². The van der Waals surface area contributed by atoms with Gasteiger partial charge in [0.1, 0.15) is 23.0 Å². The molecule has 0 bridgehead atoms. The van der Waals surface area contributed by atoms with E-state index in [9.17, 15) is 8.78 Å². The molecule has 0 amide bonds. The van der Waals surface area contributed by atoms with Gasteiger partial charge in [-0.2, -0.15) is 0 Å². The second-order valence-electron chi connectivity index (χ2n) is 3.60. The molecule has 17 heavy (non-hydrogen) atoms. The van der Waals surface area contributed by atoms with Crippen LogP contribution in [0, 0.1) is 11.6 Å². The maximum absolute atomic E-state index is 13.5. The molecule has 0 saturated carbocycles. The Morgan fingerprint density at radius 3 is 2.88 bits per heavy atom. The summed E-state index contributed by atoms with van der Waals surface area (Å²) in [7, 11) is 0. The lowest BCUT2D eigenvalue weighted by Crippen LogP contribution is -1.99. The van der Waals surface area contributed by atoms with Gasteiger partial charge in [0.2, 0.25) is 0 Å². The highest BCUT2D eigenvalue weighted by Gasteiger charge is 2.09. The van der Waals surface area contributed by atoms with Gasteiger partial charge in [0.15, 0.2) is 0 Å². The van der Waals surface area contributed by atoms with Crippen LogP contribution in [0.25, 0.3) is 11.3 Å². The van der Waals surface area contributed by atoms with Crippen LogP contribution in [0.3, 0.4) is 0 Å². The largest absolute Gasteiger partial charge is 0.217 e. The van der Waals surface area contributed by atoms with E-state index in [1.807, 2.05) is 6.92 Å². The summed E-state index contributed by atoms with van der Waals surface area (Å²) in [5, 5.41) is 7.61. The van der Waals surface area contributed by atoms with E-state index in [1.54, 1.807) is 0 Å². The van der Waals surface area contributed by atoms with Crippen molar-refractivity contribution in [2.75, 3.05) is 0 Å². The fourth-order valence-corrected chi connectivity index (χ4v) is 1.39. The third-order valence-corrected chi connectivity index (χ3v) is 2.44. The lowest BCUT2D eigenvalue weighted by atomic mass is 10.2. The predicted molar refractivity (Wildman–Crippen MR) is 60.6 cm³/mol. The minimum absolute atomic E-state index is 0.0349. The van der Waals surface area contributed by atoms with Crippen LogP contribution >= 0.6 is 0 Å². The standard InChI is InChI=1S/C12H11F2N3/c1-3-8(2)11-7-17(16-15-11)12-6-9(13)4-5-10(12)14/h4-7H,2-3H2,1H3. The SMILES string of the molecule is C=C(CC)c1cn(-c2cc(F)ccc2F)nn1. The lowest BCUT2D eigenvalue weighted by Gasteiger charge is -2.01. The van der Waals surface area contributed by atoms with Crippen LogP contribution in [0.2, 0.25) is 0 Å². The van der Waals surface area contributed by atoms with Gasteiger partial charge in [-0.05, 0) is 24.1 Å². The first-order chi connectivity index (χ1) is 8.11. The number of hydrogen-bond acceptors (Lipinski definition) is 2. The highest BCUT2D eigenvalue weighted by atomic mass is 19.1. The third kappa shape index (κ3) is 2.22. The molecule has 5 heteroatoms. The Hall–Kier alpha value is -2.04. The molecule has 2 rings (SSSR count). The second-order valence-corrected chi connectivity index (χ2v) is 3.60. The smallest absolute Gasteiger partial charge is 0.149 e. The van der Waals surface area contributed by atoms with Crippen LogP contribution in [-0.4, -0.2) is 15.0 Å². The van der Waals surface area contributed by atoms with Crippen molar-refractivity contribution < 1.29 is 8.78 Å². The molecule has 0 saturated heterocycles. The Bertz CT molecular complexity index is 561. The molecule has 0 radical (unpaired) electrons. The number of nitrogens with zero attached hydrogens (tertiary/aromatic N) is 3. The summed E-state index contributed by atoms with van der Waals surface area (Å²) in [5.41, 5.74) is 1.41. The number of benzene rings is 1. The maximum atomic E-state index is 13.5. The summed E-state index contributed by atoms with van der Waals surface area (Å²) < 4.78 is 27.7. The molecule has 88 valence electrons. The average molecular weight is 235 g/mol. The average Bonchev–Trinajstić information content (AvgIpc) is 2.80. The molecule has 1 aromatic carbocycles. The minimum Gasteiger partial charge on any atom is -0.217 e. The molecule has 0 aliphatic heterocycles. The zero-order valence-electron chi connectivity index (χ0n) is 9.32. The Morgan fingerprint density at radius 2 is 2.18 bits per heavy atom. The number of halogens is 2. The number of rotatable bonds is 3. The Balaban J connectivity index is 2.43. The highest BCUT2D eigenvalue weighted by Crippen LogP contribution is 2.17. The zero-order chi connectivity index (χ0) is 12.4. The first-order valence-electron chi connectivity index (χ1n) is 5.17. The van der Waals surface area contributed by atoms with Gasteiger partial charge in [-0.25, -0.2) is 13.5 Å². The van der Waals surface area contributed by atoms with Crippen LogP contribution in [0.1, 0.15) is 19.0 Å². The fourth-order valence-electron chi connectivity index (χ4n) is 1.39. The number of aromatic nitrogens is 3. The predicted octanol–water partition coefficient (Wildman–Crippen LogP) is 2.97. The molecule has 0 atom stereocenters. The van der Waals surface area contributed by atoms with Gasteiger partial charge >= 0.3 is 0 Å². The van der Waals surface area contributed by atoms with Crippen LogP contribution < -0.4 is 0 Å². The van der Waals surface area contributed by atoms with Gasteiger partial charge in [0.25, 0.3) is 0 Å². The maximum Gasteiger partial charge on any atom is 0.149 e. The van der Waals surface area contributed by atoms with E-state index in [0.717, 1.165) is 30.2 Å². The fraction of sp³-hybridized carbons (Fsp3) is 0.167. The summed E-state index contributed by atoms with van der Waals surface area (Å²) in [6.45, 7) is 5.74. The Morgan fingerprint density at radius 1 is 1.41 bits per heavy atom. The Kier molecular flexibility index (Phi) is 2.99. The van der Waals surface area contributed by atoms with Gasteiger partial charge in [0, 0.05) is 6.07 Å². The molecule has 0 aliphatic rings.